The summed E-state index contributed by atoms with van der Waals surface area (Å²) in [6.45, 7) is 0.238. The van der Waals surface area contributed by atoms with E-state index in [9.17, 15) is 19.7 Å². The predicted molar refractivity (Wildman–Crippen MR) is 127 cm³/mol. The normalized spacial score (nSPS) is 10.5. The Morgan fingerprint density at radius 3 is 2.44 bits per heavy atom. The van der Waals surface area contributed by atoms with Gasteiger partial charge in [0, 0.05) is 30.4 Å². The summed E-state index contributed by atoms with van der Waals surface area (Å²) < 4.78 is 1.71. The first kappa shape index (κ1) is 22.7. The fourth-order valence-corrected chi connectivity index (χ4v) is 3.49. The van der Waals surface area contributed by atoms with Crippen molar-refractivity contribution in [1.29, 1.82) is 0 Å². The lowest BCUT2D eigenvalue weighted by Crippen LogP contribution is -2.24. The molecule has 3 aromatic carbocycles. The number of aromatic nitrogens is 2. The second-order valence-electron chi connectivity index (χ2n) is 7.23. The average Bonchev–Trinajstić information content (AvgIpc) is 3.32. The minimum absolute atomic E-state index is 0.0517. The van der Waals surface area contributed by atoms with E-state index < -0.39 is 16.7 Å². The topological polar surface area (TPSA) is 119 Å². The fraction of sp³-hybridized carbons (Fsp3) is 0.0417. The molecule has 0 saturated carbocycles. The van der Waals surface area contributed by atoms with Gasteiger partial charge in [-0.1, -0.05) is 41.9 Å². The summed E-state index contributed by atoms with van der Waals surface area (Å²) in [5.41, 5.74) is 2.06. The van der Waals surface area contributed by atoms with Crippen molar-refractivity contribution in [1.82, 2.24) is 15.1 Å². The first-order chi connectivity index (χ1) is 16.4. The van der Waals surface area contributed by atoms with E-state index in [0.29, 0.717) is 0 Å². The van der Waals surface area contributed by atoms with Gasteiger partial charge in [-0.15, -0.1) is 0 Å². The summed E-state index contributed by atoms with van der Waals surface area (Å²) in [6.07, 6.45) is 3.48. The monoisotopic (exact) mass is 475 g/mol. The van der Waals surface area contributed by atoms with Crippen LogP contribution in [0.25, 0.3) is 5.69 Å². The lowest BCUT2D eigenvalue weighted by molar-refractivity contribution is -0.384. The highest BCUT2D eigenvalue weighted by molar-refractivity contribution is 6.34. The number of amides is 2. The van der Waals surface area contributed by atoms with Gasteiger partial charge in [0.1, 0.15) is 0 Å². The molecule has 170 valence electrons. The smallest absolute Gasteiger partial charge is 0.270 e. The summed E-state index contributed by atoms with van der Waals surface area (Å²) in [6, 6.07) is 19.7. The molecule has 0 radical (unpaired) electrons. The van der Waals surface area contributed by atoms with Crippen LogP contribution in [-0.4, -0.2) is 26.5 Å². The van der Waals surface area contributed by atoms with Crippen molar-refractivity contribution in [3.63, 3.8) is 0 Å². The molecule has 0 aliphatic rings. The molecule has 0 unspecified atom stereocenters. The second kappa shape index (κ2) is 9.97. The maximum absolute atomic E-state index is 12.8. The van der Waals surface area contributed by atoms with Crippen LogP contribution in [0, 0.1) is 10.1 Å². The van der Waals surface area contributed by atoms with Crippen molar-refractivity contribution in [2.75, 3.05) is 5.32 Å². The summed E-state index contributed by atoms with van der Waals surface area (Å²) in [4.78, 5) is 35.8. The first-order valence-corrected chi connectivity index (χ1v) is 10.5. The number of rotatable bonds is 7. The maximum atomic E-state index is 12.8. The zero-order chi connectivity index (χ0) is 24.1. The first-order valence-electron chi connectivity index (χ1n) is 10.1. The molecule has 9 nitrogen and oxygen atoms in total. The Morgan fingerprint density at radius 2 is 1.71 bits per heavy atom. The second-order valence-corrected chi connectivity index (χ2v) is 7.64. The number of anilines is 1. The molecule has 2 N–H and O–H groups in total. The molecule has 0 fully saturated rings. The number of para-hydroxylation sites is 2. The molecule has 34 heavy (non-hydrogen) atoms. The summed E-state index contributed by atoms with van der Waals surface area (Å²) in [7, 11) is 0. The van der Waals surface area contributed by atoms with Crippen LogP contribution in [0.4, 0.5) is 11.4 Å². The molecule has 2 amide bonds. The van der Waals surface area contributed by atoms with E-state index in [-0.39, 0.29) is 34.1 Å². The van der Waals surface area contributed by atoms with E-state index in [1.54, 1.807) is 35.1 Å². The van der Waals surface area contributed by atoms with Crippen molar-refractivity contribution >= 4 is 34.8 Å². The predicted octanol–water partition coefficient (Wildman–Crippen LogP) is 4.62. The van der Waals surface area contributed by atoms with Crippen LogP contribution in [-0.2, 0) is 6.54 Å². The van der Waals surface area contributed by atoms with Gasteiger partial charge in [-0.05, 0) is 30.3 Å². The van der Waals surface area contributed by atoms with Crippen molar-refractivity contribution in [2.24, 2.45) is 0 Å². The van der Waals surface area contributed by atoms with Gasteiger partial charge < -0.3 is 10.6 Å². The van der Waals surface area contributed by atoms with Crippen molar-refractivity contribution in [3.05, 3.63) is 117 Å². The third kappa shape index (κ3) is 5.11. The zero-order valence-electron chi connectivity index (χ0n) is 17.6. The standard InChI is InChI=1S/C24H18ClN5O4/c25-21-12-18(30(33)34)10-11-19(21)24(32)28-22-9-5-4-8-20(22)23(31)26-13-16-14-27-29(15-16)17-6-2-1-3-7-17/h1-12,14-15H,13H2,(H,26,31)(H,28,32). The van der Waals surface area contributed by atoms with E-state index >= 15 is 0 Å². The quantitative estimate of drug-likeness (QED) is 0.298. The molecular formula is C24H18ClN5O4. The van der Waals surface area contributed by atoms with E-state index in [0.717, 1.165) is 17.3 Å². The molecule has 0 aliphatic carbocycles. The van der Waals surface area contributed by atoms with Gasteiger partial charge in [-0.2, -0.15) is 5.10 Å². The van der Waals surface area contributed by atoms with Gasteiger partial charge >= 0.3 is 0 Å². The van der Waals surface area contributed by atoms with Crippen LogP contribution < -0.4 is 10.6 Å². The lowest BCUT2D eigenvalue weighted by atomic mass is 10.1. The number of nitrogens with one attached hydrogen (secondary N) is 2. The molecule has 0 bridgehead atoms. The van der Waals surface area contributed by atoms with Gasteiger partial charge in [0.25, 0.3) is 17.5 Å². The molecule has 4 rings (SSSR count). The van der Waals surface area contributed by atoms with Crippen LogP contribution in [0.15, 0.2) is 85.2 Å². The van der Waals surface area contributed by atoms with Crippen molar-refractivity contribution in [3.8, 4) is 5.69 Å². The Balaban J connectivity index is 1.45. The van der Waals surface area contributed by atoms with E-state index in [1.807, 2.05) is 36.5 Å². The van der Waals surface area contributed by atoms with Crippen molar-refractivity contribution in [2.45, 2.75) is 6.54 Å². The summed E-state index contributed by atoms with van der Waals surface area (Å²) in [5, 5.41) is 20.6. The van der Waals surface area contributed by atoms with Crippen LogP contribution in [0.5, 0.6) is 0 Å². The maximum Gasteiger partial charge on any atom is 0.270 e. The van der Waals surface area contributed by atoms with E-state index in [4.69, 9.17) is 11.6 Å². The zero-order valence-corrected chi connectivity index (χ0v) is 18.4. The summed E-state index contributed by atoms with van der Waals surface area (Å²) in [5.74, 6) is -0.984. The SMILES string of the molecule is O=C(Nc1ccccc1C(=O)NCc1cnn(-c2ccccc2)c1)c1ccc([N+](=O)[O-])cc1Cl. The number of hydrogen-bond acceptors (Lipinski definition) is 5. The van der Waals surface area contributed by atoms with Crippen LogP contribution in [0.1, 0.15) is 26.3 Å². The minimum Gasteiger partial charge on any atom is -0.348 e. The molecule has 1 aromatic heterocycles. The van der Waals surface area contributed by atoms with Gasteiger partial charge in [-0.3, -0.25) is 19.7 Å². The Kier molecular flexibility index (Phi) is 6.65. The molecule has 4 aromatic rings. The molecule has 1 heterocycles. The molecule has 10 heteroatoms. The van der Waals surface area contributed by atoms with Gasteiger partial charge in [0.05, 0.1) is 38.6 Å². The number of nitro groups is 1. The van der Waals surface area contributed by atoms with E-state index in [1.165, 1.54) is 12.1 Å². The van der Waals surface area contributed by atoms with Crippen molar-refractivity contribution < 1.29 is 14.5 Å². The van der Waals surface area contributed by atoms with Gasteiger partial charge in [-0.25, -0.2) is 4.68 Å². The third-order valence-electron chi connectivity index (χ3n) is 4.94. The lowest BCUT2D eigenvalue weighted by Gasteiger charge is -2.12. The average molecular weight is 476 g/mol. The highest BCUT2D eigenvalue weighted by Gasteiger charge is 2.18. The molecular weight excluding hydrogens is 458 g/mol. The number of benzene rings is 3. The third-order valence-corrected chi connectivity index (χ3v) is 5.25. The Bertz CT molecular complexity index is 1370. The molecule has 0 spiro atoms. The highest BCUT2D eigenvalue weighted by atomic mass is 35.5. The Morgan fingerprint density at radius 1 is 0.971 bits per heavy atom. The Hall–Kier alpha value is -4.50. The number of hydrogen-bond donors (Lipinski definition) is 2. The number of carbonyl (C=O) groups is 2. The van der Waals surface area contributed by atoms with Gasteiger partial charge in [0.2, 0.25) is 0 Å². The Labute approximate surface area is 199 Å². The number of halogens is 1. The van der Waals surface area contributed by atoms with E-state index in [2.05, 4.69) is 15.7 Å². The fourth-order valence-electron chi connectivity index (χ4n) is 3.23. The van der Waals surface area contributed by atoms with Gasteiger partial charge in [0.15, 0.2) is 0 Å². The molecule has 0 atom stereocenters. The van der Waals surface area contributed by atoms with Crippen LogP contribution >= 0.6 is 11.6 Å². The molecule has 0 aliphatic heterocycles. The highest BCUT2D eigenvalue weighted by Crippen LogP contribution is 2.24. The summed E-state index contributed by atoms with van der Waals surface area (Å²) >= 11 is 6.05. The number of carbonyl (C=O) groups excluding carboxylic acids is 2. The van der Waals surface area contributed by atoms with Crippen LogP contribution in [0.2, 0.25) is 5.02 Å². The number of nitrogens with zero attached hydrogens (tertiary/aromatic N) is 3. The minimum atomic E-state index is -0.600. The number of non-ortho nitro benzene ring substituents is 1. The van der Waals surface area contributed by atoms with Crippen LogP contribution in [0.3, 0.4) is 0 Å². The largest absolute Gasteiger partial charge is 0.348 e. The molecule has 0 saturated heterocycles. The number of nitro benzene ring substituents is 1.